The van der Waals surface area contributed by atoms with Gasteiger partial charge in [0, 0.05) is 24.3 Å². The molecule has 1 aliphatic heterocycles. The quantitative estimate of drug-likeness (QED) is 0.861. The van der Waals surface area contributed by atoms with Crippen molar-refractivity contribution in [3.63, 3.8) is 0 Å². The van der Waals surface area contributed by atoms with Crippen molar-refractivity contribution in [3.8, 4) is 0 Å². The van der Waals surface area contributed by atoms with Crippen LogP contribution in [0.4, 0.5) is 5.82 Å². The van der Waals surface area contributed by atoms with Crippen LogP contribution in [0.3, 0.4) is 0 Å². The number of hydrogen-bond donors (Lipinski definition) is 2. The molecule has 0 spiro atoms. The smallest absolute Gasteiger partial charge is 0.245 e. The number of nitrogens with zero attached hydrogens (tertiary/aromatic N) is 2. The Morgan fingerprint density at radius 3 is 2.95 bits per heavy atom. The monoisotopic (exact) mass is 293 g/mol. The van der Waals surface area contributed by atoms with Gasteiger partial charge >= 0.3 is 0 Å². The summed E-state index contributed by atoms with van der Waals surface area (Å²) < 4.78 is 5.44. The standard InChI is InChI=1S/C15H23N3O3/c1-10(2)17-15(20)13-9-21-8-7-18(13)14-12(11(3)19)5-4-6-16-14/h4-6,10-11,13,19H,7-9H2,1-3H3,(H,17,20). The van der Waals surface area contributed by atoms with Gasteiger partial charge in [0.15, 0.2) is 0 Å². The molecule has 2 heterocycles. The molecule has 1 saturated heterocycles. The van der Waals surface area contributed by atoms with Crippen LogP contribution in [0, 0.1) is 0 Å². The number of carbonyl (C=O) groups is 1. The molecule has 0 aromatic carbocycles. The summed E-state index contributed by atoms with van der Waals surface area (Å²) >= 11 is 0. The van der Waals surface area contributed by atoms with E-state index in [4.69, 9.17) is 4.74 Å². The molecule has 2 rings (SSSR count). The van der Waals surface area contributed by atoms with Crippen molar-refractivity contribution in [3.05, 3.63) is 23.9 Å². The van der Waals surface area contributed by atoms with E-state index in [0.29, 0.717) is 25.6 Å². The molecule has 1 aromatic heterocycles. The summed E-state index contributed by atoms with van der Waals surface area (Å²) in [5, 5.41) is 12.8. The van der Waals surface area contributed by atoms with Gasteiger partial charge in [0.05, 0.1) is 19.3 Å². The van der Waals surface area contributed by atoms with Gasteiger partial charge in [-0.15, -0.1) is 0 Å². The lowest BCUT2D eigenvalue weighted by Crippen LogP contribution is -2.55. The Balaban J connectivity index is 2.29. The van der Waals surface area contributed by atoms with E-state index in [9.17, 15) is 9.90 Å². The summed E-state index contributed by atoms with van der Waals surface area (Å²) in [5.41, 5.74) is 0.724. The van der Waals surface area contributed by atoms with Crippen molar-refractivity contribution in [2.45, 2.75) is 39.0 Å². The summed E-state index contributed by atoms with van der Waals surface area (Å²) in [6.45, 7) is 6.99. The number of ether oxygens (including phenoxy) is 1. The van der Waals surface area contributed by atoms with Crippen LogP contribution in [0.15, 0.2) is 18.3 Å². The Hall–Kier alpha value is -1.66. The maximum atomic E-state index is 12.4. The van der Waals surface area contributed by atoms with Gasteiger partial charge in [-0.25, -0.2) is 4.98 Å². The van der Waals surface area contributed by atoms with Gasteiger partial charge in [-0.2, -0.15) is 0 Å². The van der Waals surface area contributed by atoms with Crippen LogP contribution in [0.2, 0.25) is 0 Å². The zero-order chi connectivity index (χ0) is 15.4. The van der Waals surface area contributed by atoms with Crippen LogP contribution in [0.5, 0.6) is 0 Å². The second kappa shape index (κ2) is 6.87. The highest BCUT2D eigenvalue weighted by atomic mass is 16.5. The molecule has 0 bridgehead atoms. The Labute approximate surface area is 125 Å². The molecule has 2 unspecified atom stereocenters. The molecule has 0 saturated carbocycles. The minimum Gasteiger partial charge on any atom is -0.389 e. The maximum Gasteiger partial charge on any atom is 0.245 e. The van der Waals surface area contributed by atoms with E-state index in [0.717, 1.165) is 5.56 Å². The molecular weight excluding hydrogens is 270 g/mol. The number of aliphatic hydroxyl groups is 1. The second-order valence-corrected chi connectivity index (χ2v) is 5.54. The Bertz CT molecular complexity index is 491. The summed E-state index contributed by atoms with van der Waals surface area (Å²) in [6, 6.07) is 3.27. The first-order valence-electron chi connectivity index (χ1n) is 7.28. The zero-order valence-corrected chi connectivity index (χ0v) is 12.7. The third kappa shape index (κ3) is 3.71. The van der Waals surface area contributed by atoms with Gasteiger partial charge in [-0.05, 0) is 26.8 Å². The molecule has 2 N–H and O–H groups in total. The van der Waals surface area contributed by atoms with Gasteiger partial charge in [-0.1, -0.05) is 6.07 Å². The number of hydrogen-bond acceptors (Lipinski definition) is 5. The average Bonchev–Trinajstić information content (AvgIpc) is 2.46. The Morgan fingerprint density at radius 1 is 1.52 bits per heavy atom. The van der Waals surface area contributed by atoms with E-state index in [1.54, 1.807) is 19.2 Å². The fraction of sp³-hybridized carbons (Fsp3) is 0.600. The zero-order valence-electron chi connectivity index (χ0n) is 12.7. The number of nitrogens with one attached hydrogen (secondary N) is 1. The molecule has 1 aromatic rings. The highest BCUT2D eigenvalue weighted by Gasteiger charge is 2.32. The minimum absolute atomic E-state index is 0.0706. The Morgan fingerprint density at radius 2 is 2.29 bits per heavy atom. The normalized spacial score (nSPS) is 20.4. The number of morpholine rings is 1. The van der Waals surface area contributed by atoms with Crippen molar-refractivity contribution in [1.82, 2.24) is 10.3 Å². The van der Waals surface area contributed by atoms with E-state index in [1.807, 2.05) is 24.8 Å². The molecule has 0 aliphatic carbocycles. The fourth-order valence-electron chi connectivity index (χ4n) is 2.43. The highest BCUT2D eigenvalue weighted by Crippen LogP contribution is 2.26. The minimum atomic E-state index is -0.634. The summed E-state index contributed by atoms with van der Waals surface area (Å²) in [5.74, 6) is 0.576. The molecule has 1 aliphatic rings. The van der Waals surface area contributed by atoms with Crippen LogP contribution >= 0.6 is 0 Å². The number of anilines is 1. The topological polar surface area (TPSA) is 74.7 Å². The van der Waals surface area contributed by atoms with E-state index in [1.165, 1.54) is 0 Å². The van der Waals surface area contributed by atoms with E-state index >= 15 is 0 Å². The highest BCUT2D eigenvalue weighted by molar-refractivity contribution is 5.85. The first-order valence-corrected chi connectivity index (χ1v) is 7.28. The predicted octanol–water partition coefficient (Wildman–Crippen LogP) is 0.865. The second-order valence-electron chi connectivity index (χ2n) is 5.54. The average molecular weight is 293 g/mol. The molecule has 0 radical (unpaired) electrons. The first-order chi connectivity index (χ1) is 10.0. The van der Waals surface area contributed by atoms with E-state index < -0.39 is 12.1 Å². The number of rotatable bonds is 4. The van der Waals surface area contributed by atoms with Crippen molar-refractivity contribution >= 4 is 11.7 Å². The van der Waals surface area contributed by atoms with Crippen molar-refractivity contribution in [2.75, 3.05) is 24.7 Å². The van der Waals surface area contributed by atoms with E-state index in [2.05, 4.69) is 10.3 Å². The number of aliphatic hydroxyl groups excluding tert-OH is 1. The van der Waals surface area contributed by atoms with Gasteiger partial charge in [0.1, 0.15) is 11.9 Å². The lowest BCUT2D eigenvalue weighted by molar-refractivity contribution is -0.125. The van der Waals surface area contributed by atoms with Gasteiger partial charge in [0.2, 0.25) is 5.91 Å². The van der Waals surface area contributed by atoms with Crippen molar-refractivity contribution in [1.29, 1.82) is 0 Å². The molecule has 2 atom stereocenters. The number of amides is 1. The maximum absolute atomic E-state index is 12.4. The molecule has 6 nitrogen and oxygen atoms in total. The van der Waals surface area contributed by atoms with Gasteiger partial charge < -0.3 is 20.1 Å². The number of carbonyl (C=O) groups excluding carboxylic acids is 1. The number of pyridine rings is 1. The van der Waals surface area contributed by atoms with Crippen LogP contribution in [-0.4, -0.2) is 47.8 Å². The lowest BCUT2D eigenvalue weighted by atomic mass is 10.1. The van der Waals surface area contributed by atoms with Crippen LogP contribution < -0.4 is 10.2 Å². The van der Waals surface area contributed by atoms with Gasteiger partial charge in [-0.3, -0.25) is 4.79 Å². The lowest BCUT2D eigenvalue weighted by Gasteiger charge is -2.37. The molecule has 21 heavy (non-hydrogen) atoms. The van der Waals surface area contributed by atoms with Crippen molar-refractivity contribution in [2.24, 2.45) is 0 Å². The summed E-state index contributed by atoms with van der Waals surface area (Å²) in [6.07, 6.45) is 1.04. The van der Waals surface area contributed by atoms with Gasteiger partial charge in [0.25, 0.3) is 0 Å². The molecule has 116 valence electrons. The number of aromatic nitrogens is 1. The fourth-order valence-corrected chi connectivity index (χ4v) is 2.43. The third-order valence-corrected chi connectivity index (χ3v) is 3.40. The van der Waals surface area contributed by atoms with Crippen LogP contribution in [0.25, 0.3) is 0 Å². The molecule has 1 fully saturated rings. The van der Waals surface area contributed by atoms with E-state index in [-0.39, 0.29) is 11.9 Å². The predicted molar refractivity (Wildman–Crippen MR) is 80.1 cm³/mol. The molecular formula is C15H23N3O3. The summed E-state index contributed by atoms with van der Waals surface area (Å²) in [7, 11) is 0. The first kappa shape index (κ1) is 15.7. The SMILES string of the molecule is CC(C)NC(=O)C1COCCN1c1ncccc1C(C)O. The molecule has 1 amide bonds. The third-order valence-electron chi connectivity index (χ3n) is 3.40. The van der Waals surface area contributed by atoms with Crippen LogP contribution in [-0.2, 0) is 9.53 Å². The Kier molecular flexibility index (Phi) is 5.14. The summed E-state index contributed by atoms with van der Waals surface area (Å²) in [4.78, 5) is 18.6. The van der Waals surface area contributed by atoms with Crippen LogP contribution in [0.1, 0.15) is 32.4 Å². The largest absolute Gasteiger partial charge is 0.389 e. The van der Waals surface area contributed by atoms with Crippen molar-refractivity contribution < 1.29 is 14.6 Å². The molecule has 6 heteroatoms.